The second-order valence-electron chi connectivity index (χ2n) is 5.18. The van der Waals surface area contributed by atoms with Gasteiger partial charge < -0.3 is 20.7 Å². The lowest BCUT2D eigenvalue weighted by atomic mass is 10.1. The number of hydrogen-bond acceptors (Lipinski definition) is 4. The predicted molar refractivity (Wildman–Crippen MR) is 72.5 cm³/mol. The highest BCUT2D eigenvalue weighted by molar-refractivity contribution is 5.90. The number of amides is 2. The molecular formula is C13H25N3O3. The summed E-state index contributed by atoms with van der Waals surface area (Å²) in [6.45, 7) is 6.87. The van der Waals surface area contributed by atoms with Crippen LogP contribution in [0.15, 0.2) is 0 Å². The molecule has 1 rings (SSSR count). The second-order valence-corrected chi connectivity index (χ2v) is 5.18. The molecule has 0 aromatic rings. The molecule has 0 radical (unpaired) electrons. The summed E-state index contributed by atoms with van der Waals surface area (Å²) in [4.78, 5) is 25.9. The zero-order valence-corrected chi connectivity index (χ0v) is 12.0. The van der Waals surface area contributed by atoms with Gasteiger partial charge in [-0.15, -0.1) is 0 Å². The third-order valence-electron chi connectivity index (χ3n) is 3.06. The molecule has 1 saturated heterocycles. The standard InChI is InChI=1S/C13H25N3O3/c1-4-5-10(14)13(18)16-6-7-19-8-11(16)12(17)15-9(2)3/h9-11H,4-8,14H2,1-3H3,(H,15,17)/t10-,11?/m0/s1. The maximum absolute atomic E-state index is 12.3. The van der Waals surface area contributed by atoms with Crippen LogP contribution in [0, 0.1) is 0 Å². The van der Waals surface area contributed by atoms with Gasteiger partial charge in [0.2, 0.25) is 11.8 Å². The van der Waals surface area contributed by atoms with Gasteiger partial charge in [0.15, 0.2) is 0 Å². The molecule has 1 heterocycles. The van der Waals surface area contributed by atoms with Crippen LogP contribution in [0.5, 0.6) is 0 Å². The monoisotopic (exact) mass is 271 g/mol. The third-order valence-corrected chi connectivity index (χ3v) is 3.06. The molecule has 0 aromatic heterocycles. The summed E-state index contributed by atoms with van der Waals surface area (Å²) in [5.41, 5.74) is 5.86. The van der Waals surface area contributed by atoms with Crippen LogP contribution in [-0.2, 0) is 14.3 Å². The van der Waals surface area contributed by atoms with Crippen molar-refractivity contribution in [2.24, 2.45) is 5.73 Å². The highest BCUT2D eigenvalue weighted by Crippen LogP contribution is 2.11. The maximum atomic E-state index is 12.3. The van der Waals surface area contributed by atoms with E-state index in [0.717, 1.165) is 6.42 Å². The molecule has 2 amide bonds. The third kappa shape index (κ3) is 4.47. The van der Waals surface area contributed by atoms with Gasteiger partial charge in [-0.1, -0.05) is 13.3 Å². The Hall–Kier alpha value is -1.14. The van der Waals surface area contributed by atoms with Gasteiger partial charge in [-0.25, -0.2) is 0 Å². The summed E-state index contributed by atoms with van der Waals surface area (Å²) in [6.07, 6.45) is 1.48. The summed E-state index contributed by atoms with van der Waals surface area (Å²) in [6, 6.07) is -1.06. The van der Waals surface area contributed by atoms with E-state index in [1.807, 2.05) is 20.8 Å². The molecule has 110 valence electrons. The number of ether oxygens (including phenoxy) is 1. The van der Waals surface area contributed by atoms with Gasteiger partial charge in [0.1, 0.15) is 6.04 Å². The van der Waals surface area contributed by atoms with Crippen molar-refractivity contribution in [1.82, 2.24) is 10.2 Å². The van der Waals surface area contributed by atoms with Gasteiger partial charge >= 0.3 is 0 Å². The summed E-state index contributed by atoms with van der Waals surface area (Å²) < 4.78 is 5.31. The Morgan fingerprint density at radius 3 is 2.74 bits per heavy atom. The molecule has 1 unspecified atom stereocenters. The lowest BCUT2D eigenvalue weighted by Crippen LogP contribution is -2.59. The van der Waals surface area contributed by atoms with E-state index in [-0.39, 0.29) is 24.5 Å². The van der Waals surface area contributed by atoms with Crippen molar-refractivity contribution < 1.29 is 14.3 Å². The summed E-state index contributed by atoms with van der Waals surface area (Å²) >= 11 is 0. The Labute approximate surface area is 114 Å². The van der Waals surface area contributed by atoms with E-state index in [2.05, 4.69) is 5.32 Å². The van der Waals surface area contributed by atoms with E-state index < -0.39 is 12.1 Å². The van der Waals surface area contributed by atoms with Crippen LogP contribution in [-0.4, -0.2) is 54.6 Å². The van der Waals surface area contributed by atoms with E-state index in [1.54, 1.807) is 4.90 Å². The van der Waals surface area contributed by atoms with Crippen molar-refractivity contribution in [3.8, 4) is 0 Å². The molecule has 3 N–H and O–H groups in total. The molecule has 19 heavy (non-hydrogen) atoms. The number of nitrogens with zero attached hydrogens (tertiary/aromatic N) is 1. The lowest BCUT2D eigenvalue weighted by Gasteiger charge is -2.36. The number of nitrogens with two attached hydrogens (primary N) is 1. The number of carbonyl (C=O) groups is 2. The quantitative estimate of drug-likeness (QED) is 0.729. The molecule has 1 aliphatic heterocycles. The van der Waals surface area contributed by atoms with Gasteiger partial charge in [-0.3, -0.25) is 9.59 Å². The van der Waals surface area contributed by atoms with E-state index in [9.17, 15) is 9.59 Å². The van der Waals surface area contributed by atoms with Crippen LogP contribution in [0.1, 0.15) is 33.6 Å². The predicted octanol–water partition coefficient (Wildman–Crippen LogP) is -0.134. The van der Waals surface area contributed by atoms with Crippen LogP contribution in [0.2, 0.25) is 0 Å². The highest BCUT2D eigenvalue weighted by Gasteiger charge is 2.34. The fraction of sp³-hybridized carbons (Fsp3) is 0.846. The van der Waals surface area contributed by atoms with E-state index >= 15 is 0 Å². The Morgan fingerprint density at radius 2 is 2.16 bits per heavy atom. The molecule has 2 atom stereocenters. The summed E-state index contributed by atoms with van der Waals surface area (Å²) in [5.74, 6) is -0.333. The van der Waals surface area contributed by atoms with Gasteiger partial charge in [-0.05, 0) is 20.3 Å². The number of rotatable bonds is 5. The molecule has 0 saturated carbocycles. The Kier molecular flexibility index (Phi) is 6.24. The Balaban J connectivity index is 2.71. The lowest BCUT2D eigenvalue weighted by molar-refractivity contribution is -0.149. The molecule has 6 nitrogen and oxygen atoms in total. The zero-order valence-electron chi connectivity index (χ0n) is 12.0. The van der Waals surface area contributed by atoms with Gasteiger partial charge in [0, 0.05) is 12.6 Å². The largest absolute Gasteiger partial charge is 0.377 e. The van der Waals surface area contributed by atoms with Crippen LogP contribution >= 0.6 is 0 Å². The Bertz CT molecular complexity index is 320. The first kappa shape index (κ1) is 15.9. The van der Waals surface area contributed by atoms with Crippen molar-refractivity contribution in [3.63, 3.8) is 0 Å². The van der Waals surface area contributed by atoms with E-state index in [4.69, 9.17) is 10.5 Å². The van der Waals surface area contributed by atoms with Gasteiger partial charge in [-0.2, -0.15) is 0 Å². The molecule has 0 spiro atoms. The second kappa shape index (κ2) is 7.45. The first-order valence-electron chi connectivity index (χ1n) is 6.91. The number of morpholine rings is 1. The summed E-state index contributed by atoms with van der Waals surface area (Å²) in [5, 5.41) is 2.81. The first-order valence-corrected chi connectivity index (χ1v) is 6.91. The molecule has 0 aliphatic carbocycles. The Morgan fingerprint density at radius 1 is 1.47 bits per heavy atom. The van der Waals surface area contributed by atoms with E-state index in [0.29, 0.717) is 19.6 Å². The van der Waals surface area contributed by atoms with Crippen molar-refractivity contribution in [2.45, 2.75) is 51.7 Å². The molecule has 1 aliphatic rings. The smallest absolute Gasteiger partial charge is 0.245 e. The van der Waals surface area contributed by atoms with Gasteiger partial charge in [0.05, 0.1) is 19.3 Å². The minimum Gasteiger partial charge on any atom is -0.377 e. The SMILES string of the molecule is CCC[C@H](N)C(=O)N1CCOCC1C(=O)NC(C)C. The van der Waals surface area contributed by atoms with Crippen molar-refractivity contribution >= 4 is 11.8 Å². The first-order chi connectivity index (χ1) is 8.97. The average molecular weight is 271 g/mol. The normalized spacial score (nSPS) is 21.3. The fourth-order valence-electron chi connectivity index (χ4n) is 2.11. The van der Waals surface area contributed by atoms with Crippen molar-refractivity contribution in [1.29, 1.82) is 0 Å². The minimum atomic E-state index is -0.563. The zero-order chi connectivity index (χ0) is 14.4. The highest BCUT2D eigenvalue weighted by atomic mass is 16.5. The van der Waals surface area contributed by atoms with E-state index in [1.165, 1.54) is 0 Å². The molecular weight excluding hydrogens is 246 g/mol. The van der Waals surface area contributed by atoms with Crippen LogP contribution in [0.4, 0.5) is 0 Å². The summed E-state index contributed by atoms with van der Waals surface area (Å²) in [7, 11) is 0. The number of nitrogens with one attached hydrogen (secondary N) is 1. The number of carbonyl (C=O) groups excluding carboxylic acids is 2. The maximum Gasteiger partial charge on any atom is 0.245 e. The van der Waals surface area contributed by atoms with Crippen LogP contribution < -0.4 is 11.1 Å². The minimum absolute atomic E-state index is 0.0377. The van der Waals surface area contributed by atoms with Gasteiger partial charge in [0.25, 0.3) is 0 Å². The van der Waals surface area contributed by atoms with Crippen molar-refractivity contribution in [3.05, 3.63) is 0 Å². The molecule has 1 fully saturated rings. The van der Waals surface area contributed by atoms with Crippen LogP contribution in [0.3, 0.4) is 0 Å². The molecule has 0 bridgehead atoms. The fourth-order valence-corrected chi connectivity index (χ4v) is 2.11. The van der Waals surface area contributed by atoms with Crippen molar-refractivity contribution in [2.75, 3.05) is 19.8 Å². The molecule has 0 aromatic carbocycles. The topological polar surface area (TPSA) is 84.7 Å². The molecule has 6 heteroatoms. The average Bonchev–Trinajstić information content (AvgIpc) is 2.37. The number of hydrogen-bond donors (Lipinski definition) is 2. The van der Waals surface area contributed by atoms with Crippen LogP contribution in [0.25, 0.3) is 0 Å².